The summed E-state index contributed by atoms with van der Waals surface area (Å²) in [6.45, 7) is 4.14. The number of carboxylic acids is 1. The summed E-state index contributed by atoms with van der Waals surface area (Å²) in [5, 5.41) is 19.3. The van der Waals surface area contributed by atoms with Gasteiger partial charge in [-0.3, -0.25) is 4.90 Å². The first kappa shape index (κ1) is 25.2. The molecule has 1 fully saturated rings. The third-order valence-electron chi connectivity index (χ3n) is 6.76. The van der Waals surface area contributed by atoms with Crippen LogP contribution in [0.15, 0.2) is 54.9 Å². The number of ether oxygens (including phenoxy) is 1. The number of piperazine rings is 1. The molecule has 38 heavy (non-hydrogen) atoms. The van der Waals surface area contributed by atoms with Gasteiger partial charge in [0.15, 0.2) is 5.69 Å². The number of halogens is 1. The van der Waals surface area contributed by atoms with Crippen LogP contribution in [0.25, 0.3) is 10.9 Å². The summed E-state index contributed by atoms with van der Waals surface area (Å²) >= 11 is 0. The van der Waals surface area contributed by atoms with Gasteiger partial charge in [0.05, 0.1) is 17.3 Å². The number of carbonyl (C=O) groups is 1. The van der Waals surface area contributed by atoms with Crippen molar-refractivity contribution in [3.63, 3.8) is 0 Å². The van der Waals surface area contributed by atoms with Crippen LogP contribution < -0.4 is 9.64 Å². The van der Waals surface area contributed by atoms with E-state index in [0.29, 0.717) is 11.3 Å². The standard InChI is InChI=1S/C28H27FN6O3/c29-23-16-21(38-28-31-9-8-25(33-28)27(36)37)5-7-26(23)35-13-11-34(12-14-35)10-2-1-3-20-18-32-24-6-4-19(17-30)15-22(20)24/h4-9,15-16,18,32H,1-3,10-14H2,(H,36,37). The minimum Gasteiger partial charge on any atom is -0.477 e. The van der Waals surface area contributed by atoms with Crippen molar-refractivity contribution in [3.05, 3.63) is 77.5 Å². The number of hydrogen-bond donors (Lipinski definition) is 2. The van der Waals surface area contributed by atoms with Gasteiger partial charge >= 0.3 is 12.0 Å². The molecule has 0 bridgehead atoms. The van der Waals surface area contributed by atoms with Crippen LogP contribution in [0.2, 0.25) is 0 Å². The van der Waals surface area contributed by atoms with Crippen molar-refractivity contribution in [1.82, 2.24) is 19.9 Å². The quantitative estimate of drug-likeness (QED) is 0.311. The predicted molar refractivity (Wildman–Crippen MR) is 140 cm³/mol. The Hall–Kier alpha value is -4.49. The normalized spacial score (nSPS) is 13.9. The fourth-order valence-corrected chi connectivity index (χ4v) is 4.74. The second-order valence-corrected chi connectivity index (χ2v) is 9.22. The van der Waals surface area contributed by atoms with Crippen LogP contribution in [0.1, 0.15) is 34.5 Å². The highest BCUT2D eigenvalue weighted by atomic mass is 19.1. The van der Waals surface area contributed by atoms with Gasteiger partial charge in [0.25, 0.3) is 0 Å². The average Bonchev–Trinajstić information content (AvgIpc) is 3.34. The van der Waals surface area contributed by atoms with E-state index in [9.17, 15) is 9.18 Å². The van der Waals surface area contributed by atoms with E-state index in [2.05, 4.69) is 25.9 Å². The summed E-state index contributed by atoms with van der Waals surface area (Å²) in [5.74, 6) is -1.41. The maximum atomic E-state index is 14.9. The van der Waals surface area contributed by atoms with Crippen LogP contribution >= 0.6 is 0 Å². The molecule has 1 saturated heterocycles. The minimum absolute atomic E-state index is 0.151. The molecule has 2 aromatic carbocycles. The number of aryl methyl sites for hydroxylation is 1. The molecule has 194 valence electrons. The first-order valence-electron chi connectivity index (χ1n) is 12.5. The molecular formula is C28H27FN6O3. The summed E-state index contributed by atoms with van der Waals surface area (Å²) in [5.41, 5.74) is 3.29. The van der Waals surface area contributed by atoms with Crippen molar-refractivity contribution in [1.29, 1.82) is 5.26 Å². The van der Waals surface area contributed by atoms with Gasteiger partial charge in [-0.25, -0.2) is 14.2 Å². The molecule has 1 aliphatic heterocycles. The van der Waals surface area contributed by atoms with E-state index in [1.165, 1.54) is 23.9 Å². The van der Waals surface area contributed by atoms with E-state index < -0.39 is 11.8 Å². The highest BCUT2D eigenvalue weighted by Gasteiger charge is 2.20. The number of anilines is 1. The van der Waals surface area contributed by atoms with E-state index in [1.807, 2.05) is 29.3 Å². The number of benzene rings is 2. The molecule has 0 aliphatic carbocycles. The van der Waals surface area contributed by atoms with E-state index >= 15 is 0 Å². The molecule has 1 aliphatic rings. The van der Waals surface area contributed by atoms with E-state index in [1.54, 1.807) is 12.1 Å². The van der Waals surface area contributed by atoms with Gasteiger partial charge in [0.1, 0.15) is 11.6 Å². The average molecular weight is 515 g/mol. The molecule has 4 aromatic rings. The molecule has 2 N–H and O–H groups in total. The summed E-state index contributed by atoms with van der Waals surface area (Å²) in [7, 11) is 0. The SMILES string of the molecule is N#Cc1ccc2[nH]cc(CCCCN3CCN(c4ccc(Oc5nccc(C(=O)O)n5)cc4F)CC3)c2c1. The van der Waals surface area contributed by atoms with Crippen molar-refractivity contribution >= 4 is 22.6 Å². The molecule has 0 radical (unpaired) electrons. The molecule has 10 heteroatoms. The minimum atomic E-state index is -1.19. The van der Waals surface area contributed by atoms with E-state index in [-0.39, 0.29) is 17.5 Å². The number of nitrogens with one attached hydrogen (secondary N) is 1. The molecule has 0 spiro atoms. The van der Waals surface area contributed by atoms with Crippen LogP contribution in [-0.4, -0.2) is 63.7 Å². The summed E-state index contributed by atoms with van der Waals surface area (Å²) in [6, 6.07) is 13.6. The fraction of sp³-hybridized carbons (Fsp3) is 0.286. The Labute approximate surface area is 219 Å². The maximum Gasteiger partial charge on any atom is 0.354 e. The van der Waals surface area contributed by atoms with Gasteiger partial charge in [-0.05, 0) is 67.8 Å². The van der Waals surface area contributed by atoms with Gasteiger partial charge < -0.3 is 19.7 Å². The highest BCUT2D eigenvalue weighted by molar-refractivity contribution is 5.85. The van der Waals surface area contributed by atoms with Crippen LogP contribution in [0.4, 0.5) is 10.1 Å². The molecule has 0 atom stereocenters. The topological polar surface area (TPSA) is 118 Å². The number of nitrogens with zero attached hydrogens (tertiary/aromatic N) is 5. The Morgan fingerprint density at radius 1 is 1.13 bits per heavy atom. The number of nitriles is 1. The van der Waals surface area contributed by atoms with Crippen LogP contribution in [-0.2, 0) is 6.42 Å². The van der Waals surface area contributed by atoms with Gasteiger partial charge in [-0.2, -0.15) is 10.2 Å². The third kappa shape index (κ3) is 5.74. The molecule has 3 heterocycles. The zero-order chi connectivity index (χ0) is 26.5. The lowest BCUT2D eigenvalue weighted by Crippen LogP contribution is -2.46. The number of rotatable bonds is 9. The Kier molecular flexibility index (Phi) is 7.47. The largest absolute Gasteiger partial charge is 0.477 e. The second kappa shape index (κ2) is 11.3. The van der Waals surface area contributed by atoms with Crippen LogP contribution in [0.3, 0.4) is 0 Å². The van der Waals surface area contributed by atoms with Crippen molar-refractivity contribution in [2.45, 2.75) is 19.3 Å². The van der Waals surface area contributed by atoms with Crippen molar-refractivity contribution < 1.29 is 19.0 Å². The summed E-state index contributed by atoms with van der Waals surface area (Å²) in [6.07, 6.45) is 6.40. The maximum absolute atomic E-state index is 14.9. The van der Waals surface area contributed by atoms with E-state index in [0.717, 1.165) is 62.9 Å². The number of carboxylic acid groups (broad SMARTS) is 1. The Morgan fingerprint density at radius 3 is 2.74 bits per heavy atom. The number of unbranched alkanes of at least 4 members (excludes halogenated alkanes) is 1. The second-order valence-electron chi connectivity index (χ2n) is 9.22. The molecular weight excluding hydrogens is 487 g/mol. The molecule has 0 unspecified atom stereocenters. The lowest BCUT2D eigenvalue weighted by Gasteiger charge is -2.36. The van der Waals surface area contributed by atoms with Crippen molar-refractivity contribution in [2.24, 2.45) is 0 Å². The monoisotopic (exact) mass is 514 g/mol. The van der Waals surface area contributed by atoms with Gasteiger partial charge in [0.2, 0.25) is 0 Å². The number of aromatic nitrogens is 3. The Morgan fingerprint density at radius 2 is 1.97 bits per heavy atom. The summed E-state index contributed by atoms with van der Waals surface area (Å²) < 4.78 is 20.4. The number of aromatic amines is 1. The van der Waals surface area contributed by atoms with Crippen LogP contribution in [0, 0.1) is 17.1 Å². The number of aromatic carboxylic acids is 1. The van der Waals surface area contributed by atoms with Crippen molar-refractivity contribution in [2.75, 3.05) is 37.6 Å². The Balaban J connectivity index is 1.09. The third-order valence-corrected chi connectivity index (χ3v) is 6.76. The smallest absolute Gasteiger partial charge is 0.354 e. The Bertz CT molecular complexity index is 1490. The van der Waals surface area contributed by atoms with Gasteiger partial charge in [0, 0.05) is 55.5 Å². The van der Waals surface area contributed by atoms with Gasteiger partial charge in [-0.15, -0.1) is 0 Å². The number of hydrogen-bond acceptors (Lipinski definition) is 7. The van der Waals surface area contributed by atoms with E-state index in [4.69, 9.17) is 15.1 Å². The molecule has 0 saturated carbocycles. The first-order valence-corrected chi connectivity index (χ1v) is 12.5. The summed E-state index contributed by atoms with van der Waals surface area (Å²) in [4.78, 5) is 26.5. The zero-order valence-electron chi connectivity index (χ0n) is 20.7. The predicted octanol–water partition coefficient (Wildman–Crippen LogP) is 4.60. The number of fused-ring (bicyclic) bond motifs is 1. The zero-order valence-corrected chi connectivity index (χ0v) is 20.7. The van der Waals surface area contributed by atoms with Gasteiger partial charge in [-0.1, -0.05) is 0 Å². The number of H-pyrrole nitrogens is 1. The van der Waals surface area contributed by atoms with Crippen molar-refractivity contribution in [3.8, 4) is 17.8 Å². The fourth-order valence-electron chi connectivity index (χ4n) is 4.74. The molecule has 2 aromatic heterocycles. The lowest BCUT2D eigenvalue weighted by molar-refractivity contribution is 0.0689. The highest BCUT2D eigenvalue weighted by Crippen LogP contribution is 2.27. The molecule has 5 rings (SSSR count). The molecule has 9 nitrogen and oxygen atoms in total. The lowest BCUT2D eigenvalue weighted by atomic mass is 10.1. The first-order chi connectivity index (χ1) is 18.5. The van der Waals surface area contributed by atoms with Crippen LogP contribution in [0.5, 0.6) is 11.8 Å². The molecule has 0 amide bonds.